The summed E-state index contributed by atoms with van der Waals surface area (Å²) in [6, 6.07) is 0.176. The molecule has 2 fully saturated rings. The van der Waals surface area contributed by atoms with Crippen LogP contribution in [-0.4, -0.2) is 55.2 Å². The maximum Gasteiger partial charge on any atom is 0.215 e. The molecule has 2 unspecified atom stereocenters. The lowest BCUT2D eigenvalue weighted by Gasteiger charge is -2.31. The van der Waals surface area contributed by atoms with Crippen molar-refractivity contribution in [2.24, 2.45) is 0 Å². The highest BCUT2D eigenvalue weighted by molar-refractivity contribution is 8.00. The first-order chi connectivity index (χ1) is 8.12. The van der Waals surface area contributed by atoms with Crippen LogP contribution < -0.4 is 5.32 Å². The van der Waals surface area contributed by atoms with E-state index in [0.717, 1.165) is 31.6 Å². The lowest BCUT2D eigenvalue weighted by atomic mass is 10.3. The molecule has 0 bridgehead atoms. The van der Waals surface area contributed by atoms with Crippen molar-refractivity contribution in [2.45, 2.75) is 37.5 Å². The van der Waals surface area contributed by atoms with Gasteiger partial charge in [0.15, 0.2) is 0 Å². The molecule has 100 valence electrons. The number of hydrogen-bond acceptors (Lipinski definition) is 4. The SMILES string of the molecule is CCC1CN(S(=O)(=O)CC2CCCN2)CCS1. The number of sulfonamides is 1. The van der Waals surface area contributed by atoms with Gasteiger partial charge in [-0.1, -0.05) is 6.92 Å². The predicted molar refractivity (Wildman–Crippen MR) is 72.9 cm³/mol. The van der Waals surface area contributed by atoms with Crippen molar-refractivity contribution in [3.05, 3.63) is 0 Å². The second kappa shape index (κ2) is 5.91. The van der Waals surface area contributed by atoms with Gasteiger partial charge in [-0.05, 0) is 25.8 Å². The molecule has 2 rings (SSSR count). The molecule has 2 atom stereocenters. The zero-order chi connectivity index (χ0) is 12.3. The minimum Gasteiger partial charge on any atom is -0.313 e. The fraction of sp³-hybridized carbons (Fsp3) is 1.00. The molecular formula is C11H22N2O2S2. The third kappa shape index (κ3) is 3.59. The van der Waals surface area contributed by atoms with Gasteiger partial charge >= 0.3 is 0 Å². The van der Waals surface area contributed by atoms with E-state index >= 15 is 0 Å². The van der Waals surface area contributed by atoms with Gasteiger partial charge in [-0.3, -0.25) is 0 Å². The average molecular weight is 278 g/mol. The van der Waals surface area contributed by atoms with E-state index in [-0.39, 0.29) is 11.8 Å². The van der Waals surface area contributed by atoms with Crippen molar-refractivity contribution >= 4 is 21.8 Å². The van der Waals surface area contributed by atoms with Gasteiger partial charge in [0.05, 0.1) is 5.75 Å². The van der Waals surface area contributed by atoms with E-state index < -0.39 is 10.0 Å². The van der Waals surface area contributed by atoms with Crippen LogP contribution in [0.3, 0.4) is 0 Å². The van der Waals surface area contributed by atoms with Crippen LogP contribution in [0, 0.1) is 0 Å². The summed E-state index contributed by atoms with van der Waals surface area (Å²) < 4.78 is 26.3. The molecular weight excluding hydrogens is 256 g/mol. The van der Waals surface area contributed by atoms with Crippen molar-refractivity contribution in [3.8, 4) is 0 Å². The van der Waals surface area contributed by atoms with Gasteiger partial charge in [-0.15, -0.1) is 0 Å². The second-order valence-corrected chi connectivity index (χ2v) is 8.25. The van der Waals surface area contributed by atoms with Gasteiger partial charge in [0.25, 0.3) is 0 Å². The fourth-order valence-corrected chi connectivity index (χ4v) is 5.62. The Bertz CT molecular complexity index is 339. The first-order valence-electron chi connectivity index (χ1n) is 6.44. The van der Waals surface area contributed by atoms with Crippen LogP contribution in [0.5, 0.6) is 0 Å². The summed E-state index contributed by atoms with van der Waals surface area (Å²) in [7, 11) is -3.05. The zero-order valence-corrected chi connectivity index (χ0v) is 12.0. The van der Waals surface area contributed by atoms with Gasteiger partial charge < -0.3 is 5.32 Å². The van der Waals surface area contributed by atoms with Crippen LogP contribution in [0.15, 0.2) is 0 Å². The van der Waals surface area contributed by atoms with Crippen LogP contribution in [0.1, 0.15) is 26.2 Å². The second-order valence-electron chi connectivity index (χ2n) is 4.83. The topological polar surface area (TPSA) is 49.4 Å². The number of thioether (sulfide) groups is 1. The molecule has 4 nitrogen and oxygen atoms in total. The van der Waals surface area contributed by atoms with E-state index in [4.69, 9.17) is 0 Å². The molecule has 0 saturated carbocycles. The van der Waals surface area contributed by atoms with Gasteiger partial charge in [0, 0.05) is 30.1 Å². The summed E-state index contributed by atoms with van der Waals surface area (Å²) in [6.07, 6.45) is 3.16. The minimum atomic E-state index is -3.05. The van der Waals surface area contributed by atoms with Crippen LogP contribution >= 0.6 is 11.8 Å². The van der Waals surface area contributed by atoms with Crippen LogP contribution in [-0.2, 0) is 10.0 Å². The maximum atomic E-state index is 12.3. The molecule has 0 aromatic heterocycles. The first kappa shape index (κ1) is 13.6. The number of nitrogens with one attached hydrogen (secondary N) is 1. The lowest BCUT2D eigenvalue weighted by molar-refractivity contribution is 0.412. The molecule has 0 spiro atoms. The highest BCUT2D eigenvalue weighted by Gasteiger charge is 2.31. The Morgan fingerprint density at radius 3 is 2.94 bits per heavy atom. The Morgan fingerprint density at radius 1 is 1.47 bits per heavy atom. The summed E-state index contributed by atoms with van der Waals surface area (Å²) in [4.78, 5) is 0. The van der Waals surface area contributed by atoms with E-state index in [0.29, 0.717) is 18.3 Å². The molecule has 2 saturated heterocycles. The Morgan fingerprint density at radius 2 is 2.29 bits per heavy atom. The molecule has 1 N–H and O–H groups in total. The highest BCUT2D eigenvalue weighted by atomic mass is 32.2. The van der Waals surface area contributed by atoms with Gasteiger partial charge in [0.1, 0.15) is 0 Å². The van der Waals surface area contributed by atoms with Crippen LogP contribution in [0.4, 0.5) is 0 Å². The van der Waals surface area contributed by atoms with E-state index in [1.807, 2.05) is 11.8 Å². The van der Waals surface area contributed by atoms with E-state index in [1.165, 1.54) is 0 Å². The third-order valence-electron chi connectivity index (χ3n) is 3.52. The zero-order valence-electron chi connectivity index (χ0n) is 10.4. The summed E-state index contributed by atoms with van der Waals surface area (Å²) >= 11 is 1.90. The van der Waals surface area contributed by atoms with E-state index in [9.17, 15) is 8.42 Å². The van der Waals surface area contributed by atoms with Gasteiger partial charge in [0.2, 0.25) is 10.0 Å². The number of nitrogens with zero attached hydrogens (tertiary/aromatic N) is 1. The fourth-order valence-electron chi connectivity index (χ4n) is 2.45. The summed E-state index contributed by atoms with van der Waals surface area (Å²) in [6.45, 7) is 4.49. The molecule has 17 heavy (non-hydrogen) atoms. The van der Waals surface area contributed by atoms with Gasteiger partial charge in [-0.25, -0.2) is 8.42 Å². The normalized spacial score (nSPS) is 31.8. The van der Waals surface area contributed by atoms with Gasteiger partial charge in [-0.2, -0.15) is 16.1 Å². The van der Waals surface area contributed by atoms with Crippen molar-refractivity contribution in [2.75, 3.05) is 31.1 Å². The molecule has 0 amide bonds. The number of rotatable bonds is 4. The van der Waals surface area contributed by atoms with Crippen molar-refractivity contribution in [1.29, 1.82) is 0 Å². The third-order valence-corrected chi connectivity index (χ3v) is 6.84. The Hall–Kier alpha value is 0.220. The van der Waals surface area contributed by atoms with E-state index in [1.54, 1.807) is 4.31 Å². The predicted octanol–water partition coefficient (Wildman–Crippen LogP) is 0.896. The summed E-state index contributed by atoms with van der Waals surface area (Å²) in [5, 5.41) is 3.75. The first-order valence-corrected chi connectivity index (χ1v) is 9.10. The molecule has 2 heterocycles. The quantitative estimate of drug-likeness (QED) is 0.830. The highest BCUT2D eigenvalue weighted by Crippen LogP contribution is 2.23. The van der Waals surface area contributed by atoms with Crippen LogP contribution in [0.25, 0.3) is 0 Å². The Balaban J connectivity index is 1.94. The largest absolute Gasteiger partial charge is 0.313 e. The Kier molecular flexibility index (Phi) is 4.74. The van der Waals surface area contributed by atoms with Crippen molar-refractivity contribution in [3.63, 3.8) is 0 Å². The van der Waals surface area contributed by atoms with Crippen LogP contribution in [0.2, 0.25) is 0 Å². The standard InChI is InChI=1S/C11H22N2O2S2/c1-2-11-8-13(6-7-16-11)17(14,15)9-10-4-3-5-12-10/h10-12H,2-9H2,1H3. The smallest absolute Gasteiger partial charge is 0.215 e. The molecule has 0 aromatic carbocycles. The molecule has 0 radical (unpaired) electrons. The van der Waals surface area contributed by atoms with Crippen molar-refractivity contribution < 1.29 is 8.42 Å². The summed E-state index contributed by atoms with van der Waals surface area (Å²) in [5.74, 6) is 1.23. The minimum absolute atomic E-state index is 0.176. The Labute approximate surface area is 109 Å². The molecule has 0 aliphatic carbocycles. The van der Waals surface area contributed by atoms with Crippen molar-refractivity contribution in [1.82, 2.24) is 9.62 Å². The summed E-state index contributed by atoms with van der Waals surface area (Å²) in [5.41, 5.74) is 0. The molecule has 0 aromatic rings. The maximum absolute atomic E-state index is 12.3. The van der Waals surface area contributed by atoms with E-state index in [2.05, 4.69) is 12.2 Å². The molecule has 2 aliphatic rings. The average Bonchev–Trinajstić information content (AvgIpc) is 2.81. The number of hydrogen-bond donors (Lipinski definition) is 1. The molecule has 2 aliphatic heterocycles. The monoisotopic (exact) mass is 278 g/mol. The molecule has 6 heteroatoms. The lowest BCUT2D eigenvalue weighted by Crippen LogP contribution is -2.45.